The third-order valence-corrected chi connectivity index (χ3v) is 9.10. The minimum atomic E-state index is 0.120. The monoisotopic (exact) mass is 492 g/mol. The minimum Gasteiger partial charge on any atom is -0.375 e. The van der Waals surface area contributed by atoms with E-state index in [1.54, 1.807) is 0 Å². The molecular weight excluding hydrogens is 471 g/mol. The van der Waals surface area contributed by atoms with Crippen molar-refractivity contribution in [2.45, 2.75) is 0 Å². The molecule has 0 unspecified atom stereocenters. The van der Waals surface area contributed by atoms with Crippen molar-refractivity contribution >= 4 is 61.4 Å². The average molecular weight is 492 g/mol. The van der Waals surface area contributed by atoms with Crippen molar-refractivity contribution in [3.8, 4) is 27.9 Å². The molecule has 2 aliphatic rings. The lowest BCUT2D eigenvalue weighted by Gasteiger charge is -2.33. The lowest BCUT2D eigenvalue weighted by molar-refractivity contribution is 1.17. The van der Waals surface area contributed by atoms with Crippen molar-refractivity contribution in [3.63, 3.8) is 0 Å². The maximum Gasteiger partial charge on any atom is 0.333 e. The fourth-order valence-corrected chi connectivity index (χ4v) is 7.61. The Morgan fingerprint density at radius 3 is 2.13 bits per heavy atom. The van der Waals surface area contributed by atoms with Gasteiger partial charge in [-0.25, -0.2) is 0 Å². The molecule has 39 heavy (non-hydrogen) atoms. The molecule has 4 heterocycles. The molecule has 0 spiro atoms. The third-order valence-electron chi connectivity index (χ3n) is 9.10. The van der Waals surface area contributed by atoms with E-state index in [1.807, 2.05) is 0 Å². The van der Waals surface area contributed by atoms with Gasteiger partial charge in [-0.05, 0) is 51.9 Å². The van der Waals surface area contributed by atoms with Crippen LogP contribution in [0.5, 0.6) is 0 Å². The number of benzene rings is 6. The Balaban J connectivity index is 1.40. The first-order valence-corrected chi connectivity index (χ1v) is 13.7. The number of para-hydroxylation sites is 3. The smallest absolute Gasteiger partial charge is 0.333 e. The molecule has 8 aromatic rings. The van der Waals surface area contributed by atoms with Gasteiger partial charge in [0.1, 0.15) is 0 Å². The number of aromatic nitrogens is 2. The Kier molecular flexibility index (Phi) is 3.54. The molecule has 178 valence electrons. The lowest BCUT2D eigenvalue weighted by atomic mass is 9.45. The zero-order chi connectivity index (χ0) is 25.2. The van der Waals surface area contributed by atoms with Crippen LogP contribution < -0.4 is 10.9 Å². The van der Waals surface area contributed by atoms with Crippen LogP contribution in [0.1, 0.15) is 0 Å². The first-order valence-electron chi connectivity index (χ1n) is 13.7. The molecule has 0 saturated carbocycles. The van der Waals surface area contributed by atoms with Crippen molar-refractivity contribution in [2.24, 2.45) is 0 Å². The summed E-state index contributed by atoms with van der Waals surface area (Å²) in [4.78, 5) is 0. The lowest BCUT2D eigenvalue weighted by Crippen LogP contribution is -2.55. The van der Waals surface area contributed by atoms with E-state index in [4.69, 9.17) is 0 Å². The van der Waals surface area contributed by atoms with Crippen molar-refractivity contribution < 1.29 is 0 Å². The molecule has 0 radical (unpaired) electrons. The first-order chi connectivity index (χ1) is 19.4. The molecule has 2 nitrogen and oxygen atoms in total. The van der Waals surface area contributed by atoms with E-state index in [9.17, 15) is 0 Å². The fraction of sp³-hybridized carbons (Fsp3) is 0. The van der Waals surface area contributed by atoms with Gasteiger partial charge in [-0.1, -0.05) is 103 Å². The maximum atomic E-state index is 2.64. The van der Waals surface area contributed by atoms with Crippen LogP contribution in [0.3, 0.4) is 0 Å². The highest BCUT2D eigenvalue weighted by molar-refractivity contribution is 6.90. The van der Waals surface area contributed by atoms with Gasteiger partial charge in [0.05, 0.1) is 11.0 Å². The summed E-state index contributed by atoms with van der Waals surface area (Å²) in [5, 5.41) is 5.30. The Morgan fingerprint density at radius 1 is 0.462 bits per heavy atom. The van der Waals surface area contributed by atoms with Gasteiger partial charge in [0, 0.05) is 43.8 Å². The summed E-state index contributed by atoms with van der Waals surface area (Å²) in [6.07, 6.45) is 0. The maximum absolute atomic E-state index is 2.64. The standard InChI is InChI=1S/C36H21BN2/c1-2-9-22(10-3-1)23-19-20-32-29(21-23)28-14-6-13-27-25-12-8-18-33-34(25)37(39(32)35(27)28)30-16-7-15-26-24-11-4-5-17-31(24)38(33)36(26)30/h1-21H. The van der Waals surface area contributed by atoms with Gasteiger partial charge in [-0.2, -0.15) is 0 Å². The van der Waals surface area contributed by atoms with Crippen LogP contribution in [0.4, 0.5) is 0 Å². The van der Waals surface area contributed by atoms with Gasteiger partial charge in [-0.15, -0.1) is 0 Å². The van der Waals surface area contributed by atoms with E-state index in [0.717, 1.165) is 0 Å². The van der Waals surface area contributed by atoms with Crippen LogP contribution in [0.25, 0.3) is 71.6 Å². The van der Waals surface area contributed by atoms with E-state index in [2.05, 4.69) is 136 Å². The minimum absolute atomic E-state index is 0.120. The molecule has 0 aliphatic carbocycles. The van der Waals surface area contributed by atoms with Gasteiger partial charge in [0.2, 0.25) is 0 Å². The van der Waals surface area contributed by atoms with Gasteiger partial charge >= 0.3 is 6.85 Å². The topological polar surface area (TPSA) is 9.86 Å². The van der Waals surface area contributed by atoms with E-state index in [1.165, 1.54) is 82.5 Å². The second-order valence-electron chi connectivity index (χ2n) is 10.9. The molecule has 6 aromatic carbocycles. The molecule has 0 saturated heterocycles. The SMILES string of the molecule is c1ccc(-c2ccc3c(c2)c2cccc4c2n3B2c3c-4cccc3-n3c4ccccc4c4cccc2c43)cc1. The van der Waals surface area contributed by atoms with Crippen LogP contribution >= 0.6 is 0 Å². The Labute approximate surface area is 225 Å². The van der Waals surface area contributed by atoms with Gasteiger partial charge in [0.15, 0.2) is 0 Å². The van der Waals surface area contributed by atoms with Gasteiger partial charge < -0.3 is 9.05 Å². The highest BCUT2D eigenvalue weighted by atomic mass is 15.0. The van der Waals surface area contributed by atoms with Crippen LogP contribution in [-0.2, 0) is 0 Å². The number of hydrogen-bond donors (Lipinski definition) is 0. The highest BCUT2D eigenvalue weighted by Gasteiger charge is 2.40. The van der Waals surface area contributed by atoms with Crippen LogP contribution in [0.2, 0.25) is 0 Å². The number of fused-ring (bicyclic) bond motifs is 10. The van der Waals surface area contributed by atoms with Crippen LogP contribution in [0.15, 0.2) is 127 Å². The number of rotatable bonds is 1. The predicted octanol–water partition coefficient (Wildman–Crippen LogP) is 7.51. The van der Waals surface area contributed by atoms with E-state index < -0.39 is 0 Å². The summed E-state index contributed by atoms with van der Waals surface area (Å²) in [5.74, 6) is 0. The van der Waals surface area contributed by atoms with Crippen molar-refractivity contribution in [2.75, 3.05) is 0 Å². The summed E-state index contributed by atoms with van der Waals surface area (Å²) < 4.78 is 5.15. The van der Waals surface area contributed by atoms with Gasteiger partial charge in [-0.3, -0.25) is 0 Å². The summed E-state index contributed by atoms with van der Waals surface area (Å²) in [6, 6.07) is 47.2. The van der Waals surface area contributed by atoms with Crippen LogP contribution in [-0.4, -0.2) is 15.9 Å². The van der Waals surface area contributed by atoms with Crippen molar-refractivity contribution in [1.29, 1.82) is 0 Å². The molecule has 0 fully saturated rings. The second kappa shape index (κ2) is 6.89. The van der Waals surface area contributed by atoms with E-state index in [-0.39, 0.29) is 6.85 Å². The number of hydrogen-bond acceptors (Lipinski definition) is 0. The van der Waals surface area contributed by atoms with Gasteiger partial charge in [0.25, 0.3) is 0 Å². The molecule has 0 N–H and O–H groups in total. The summed E-state index contributed by atoms with van der Waals surface area (Å²) in [7, 11) is 0. The molecular formula is C36H21BN2. The molecule has 0 bridgehead atoms. The Morgan fingerprint density at radius 2 is 1.21 bits per heavy atom. The van der Waals surface area contributed by atoms with Crippen molar-refractivity contribution in [1.82, 2.24) is 9.05 Å². The first kappa shape index (κ1) is 20.0. The molecule has 2 aromatic heterocycles. The normalized spacial score (nSPS) is 13.1. The highest BCUT2D eigenvalue weighted by Crippen LogP contribution is 2.43. The third kappa shape index (κ3) is 2.31. The predicted molar refractivity (Wildman–Crippen MR) is 165 cm³/mol. The average Bonchev–Trinajstić information content (AvgIpc) is 3.52. The van der Waals surface area contributed by atoms with E-state index >= 15 is 0 Å². The second-order valence-corrected chi connectivity index (χ2v) is 10.9. The fourth-order valence-electron chi connectivity index (χ4n) is 7.61. The summed E-state index contributed by atoms with van der Waals surface area (Å²) in [5.41, 5.74) is 14.5. The Bertz CT molecular complexity index is 2340. The molecule has 0 atom stereocenters. The largest absolute Gasteiger partial charge is 0.375 e. The molecule has 2 aliphatic heterocycles. The van der Waals surface area contributed by atoms with E-state index in [0.29, 0.717) is 0 Å². The summed E-state index contributed by atoms with van der Waals surface area (Å²) >= 11 is 0. The van der Waals surface area contributed by atoms with Crippen molar-refractivity contribution in [3.05, 3.63) is 127 Å². The zero-order valence-corrected chi connectivity index (χ0v) is 21.1. The zero-order valence-electron chi connectivity index (χ0n) is 21.1. The molecule has 3 heteroatoms. The summed E-state index contributed by atoms with van der Waals surface area (Å²) in [6.45, 7) is 0.120. The number of nitrogens with zero attached hydrogens (tertiary/aromatic N) is 2. The quantitative estimate of drug-likeness (QED) is 0.210. The Hall–Kier alpha value is -5.02. The molecule has 0 amide bonds. The molecule has 10 rings (SSSR count). The van der Waals surface area contributed by atoms with Crippen LogP contribution in [0, 0.1) is 0 Å².